The first-order valence-electron chi connectivity index (χ1n) is 8.49. The highest BCUT2D eigenvalue weighted by molar-refractivity contribution is 6.35. The molecule has 0 radical (unpaired) electrons. The first-order chi connectivity index (χ1) is 13.4. The SMILES string of the molecule is C=CCN1C(=O)COc2cc(NC(=O)C(C)Oc3ccc(Cl)cc3Cl)ccc21. The predicted molar refractivity (Wildman–Crippen MR) is 110 cm³/mol. The Labute approximate surface area is 172 Å². The molecule has 28 heavy (non-hydrogen) atoms. The number of nitrogens with zero attached hydrogens (tertiary/aromatic N) is 1. The molecule has 2 aromatic carbocycles. The van der Waals surface area contributed by atoms with Gasteiger partial charge < -0.3 is 19.7 Å². The van der Waals surface area contributed by atoms with Gasteiger partial charge in [-0.15, -0.1) is 6.58 Å². The van der Waals surface area contributed by atoms with Gasteiger partial charge in [0.2, 0.25) is 0 Å². The van der Waals surface area contributed by atoms with E-state index < -0.39 is 6.10 Å². The summed E-state index contributed by atoms with van der Waals surface area (Å²) in [6.07, 6.45) is 0.846. The van der Waals surface area contributed by atoms with E-state index in [9.17, 15) is 9.59 Å². The number of anilines is 2. The lowest BCUT2D eigenvalue weighted by atomic mass is 10.2. The number of benzene rings is 2. The fourth-order valence-corrected chi connectivity index (χ4v) is 3.12. The van der Waals surface area contributed by atoms with Crippen molar-refractivity contribution >= 4 is 46.4 Å². The Morgan fingerprint density at radius 2 is 2.14 bits per heavy atom. The van der Waals surface area contributed by atoms with Crippen molar-refractivity contribution in [2.45, 2.75) is 13.0 Å². The minimum Gasteiger partial charge on any atom is -0.481 e. The van der Waals surface area contributed by atoms with Crippen LogP contribution in [0.1, 0.15) is 6.92 Å². The molecule has 0 spiro atoms. The number of fused-ring (bicyclic) bond motifs is 1. The third-order valence-electron chi connectivity index (χ3n) is 4.05. The number of carbonyl (C=O) groups excluding carboxylic acids is 2. The van der Waals surface area contributed by atoms with Crippen molar-refractivity contribution < 1.29 is 19.1 Å². The summed E-state index contributed by atoms with van der Waals surface area (Å²) in [5.41, 5.74) is 1.15. The highest BCUT2D eigenvalue weighted by Gasteiger charge is 2.25. The van der Waals surface area contributed by atoms with Crippen LogP contribution in [0.4, 0.5) is 11.4 Å². The summed E-state index contributed by atoms with van der Waals surface area (Å²) in [5.74, 6) is 0.362. The molecule has 2 aromatic rings. The number of nitrogens with one attached hydrogen (secondary N) is 1. The molecule has 6 nitrogen and oxygen atoms in total. The number of ether oxygens (including phenoxy) is 2. The normalized spacial score (nSPS) is 14.0. The van der Waals surface area contributed by atoms with Gasteiger partial charge in [-0.05, 0) is 37.3 Å². The molecule has 0 aliphatic carbocycles. The second-order valence-electron chi connectivity index (χ2n) is 6.09. The lowest BCUT2D eigenvalue weighted by molar-refractivity contribution is -0.122. The molecule has 1 aliphatic rings. The number of carbonyl (C=O) groups is 2. The molecule has 0 aromatic heterocycles. The molecule has 1 aliphatic heterocycles. The molecule has 0 saturated carbocycles. The number of amides is 2. The Morgan fingerprint density at radius 3 is 2.86 bits per heavy atom. The van der Waals surface area contributed by atoms with E-state index >= 15 is 0 Å². The molecule has 0 saturated heterocycles. The molecular formula is C20H18Cl2N2O4. The van der Waals surface area contributed by atoms with Crippen molar-refractivity contribution in [3.63, 3.8) is 0 Å². The molecule has 0 bridgehead atoms. The second-order valence-corrected chi connectivity index (χ2v) is 6.93. The molecule has 146 valence electrons. The van der Waals surface area contributed by atoms with Crippen LogP contribution in [0, 0.1) is 0 Å². The summed E-state index contributed by atoms with van der Waals surface area (Å²) in [7, 11) is 0. The van der Waals surface area contributed by atoms with E-state index in [0.717, 1.165) is 0 Å². The van der Waals surface area contributed by atoms with Crippen molar-refractivity contribution in [3.05, 3.63) is 59.1 Å². The smallest absolute Gasteiger partial charge is 0.265 e. The van der Waals surface area contributed by atoms with E-state index in [1.54, 1.807) is 54.3 Å². The summed E-state index contributed by atoms with van der Waals surface area (Å²) in [6.45, 7) is 5.59. The quantitative estimate of drug-likeness (QED) is 0.706. The van der Waals surface area contributed by atoms with Crippen molar-refractivity contribution in [1.82, 2.24) is 0 Å². The van der Waals surface area contributed by atoms with Crippen LogP contribution in [0.5, 0.6) is 11.5 Å². The summed E-state index contributed by atoms with van der Waals surface area (Å²) < 4.78 is 11.1. The van der Waals surface area contributed by atoms with Crippen molar-refractivity contribution in [3.8, 4) is 11.5 Å². The van der Waals surface area contributed by atoms with E-state index in [1.807, 2.05) is 0 Å². The van der Waals surface area contributed by atoms with Gasteiger partial charge in [0.15, 0.2) is 12.7 Å². The van der Waals surface area contributed by atoms with E-state index in [1.165, 1.54) is 0 Å². The van der Waals surface area contributed by atoms with E-state index in [2.05, 4.69) is 11.9 Å². The van der Waals surface area contributed by atoms with Gasteiger partial charge in [-0.3, -0.25) is 9.59 Å². The summed E-state index contributed by atoms with van der Waals surface area (Å²) >= 11 is 11.9. The minimum atomic E-state index is -0.797. The largest absolute Gasteiger partial charge is 0.481 e. The monoisotopic (exact) mass is 420 g/mol. The minimum absolute atomic E-state index is 0.0627. The van der Waals surface area contributed by atoms with Crippen LogP contribution in [0.15, 0.2) is 49.1 Å². The van der Waals surface area contributed by atoms with Gasteiger partial charge in [0.1, 0.15) is 11.5 Å². The van der Waals surface area contributed by atoms with Gasteiger partial charge in [-0.2, -0.15) is 0 Å². The zero-order chi connectivity index (χ0) is 20.3. The number of halogens is 2. The molecule has 2 amide bonds. The zero-order valence-electron chi connectivity index (χ0n) is 15.1. The maximum Gasteiger partial charge on any atom is 0.265 e. The summed E-state index contributed by atoms with van der Waals surface area (Å²) in [5, 5.41) is 3.56. The zero-order valence-corrected chi connectivity index (χ0v) is 16.6. The fourth-order valence-electron chi connectivity index (χ4n) is 2.67. The molecule has 1 unspecified atom stereocenters. The average molecular weight is 421 g/mol. The fraction of sp³-hybridized carbons (Fsp3) is 0.200. The van der Waals surface area contributed by atoms with Gasteiger partial charge in [0, 0.05) is 23.3 Å². The Kier molecular flexibility index (Phi) is 6.11. The van der Waals surface area contributed by atoms with Crippen molar-refractivity contribution in [2.24, 2.45) is 0 Å². The Morgan fingerprint density at radius 1 is 1.36 bits per heavy atom. The predicted octanol–water partition coefficient (Wildman–Crippen LogP) is 4.31. The van der Waals surface area contributed by atoms with Gasteiger partial charge >= 0.3 is 0 Å². The highest BCUT2D eigenvalue weighted by atomic mass is 35.5. The lowest BCUT2D eigenvalue weighted by Crippen LogP contribution is -2.38. The first-order valence-corrected chi connectivity index (χ1v) is 9.25. The Bertz CT molecular complexity index is 932. The molecule has 8 heteroatoms. The van der Waals surface area contributed by atoms with E-state index in [4.69, 9.17) is 32.7 Å². The Hall–Kier alpha value is -2.70. The third-order valence-corrected chi connectivity index (χ3v) is 4.58. The topological polar surface area (TPSA) is 67.9 Å². The maximum atomic E-state index is 12.5. The molecule has 1 heterocycles. The number of hydrogen-bond donors (Lipinski definition) is 1. The molecule has 0 fully saturated rings. The van der Waals surface area contributed by atoms with Crippen LogP contribution in [0.3, 0.4) is 0 Å². The van der Waals surface area contributed by atoms with Gasteiger partial charge in [-0.25, -0.2) is 0 Å². The van der Waals surface area contributed by atoms with E-state index in [0.29, 0.717) is 39.5 Å². The van der Waals surface area contributed by atoms with Crippen LogP contribution in [-0.4, -0.2) is 31.1 Å². The second kappa shape index (κ2) is 8.54. The van der Waals surface area contributed by atoms with E-state index in [-0.39, 0.29) is 18.4 Å². The van der Waals surface area contributed by atoms with Gasteiger partial charge in [0.05, 0.1) is 10.7 Å². The number of hydrogen-bond acceptors (Lipinski definition) is 4. The summed E-state index contributed by atoms with van der Waals surface area (Å²) in [4.78, 5) is 26.0. The summed E-state index contributed by atoms with van der Waals surface area (Å²) in [6, 6.07) is 9.85. The molecule has 1 N–H and O–H groups in total. The maximum absolute atomic E-state index is 12.5. The Balaban J connectivity index is 1.70. The highest BCUT2D eigenvalue weighted by Crippen LogP contribution is 2.34. The van der Waals surface area contributed by atoms with Gasteiger partial charge in [-0.1, -0.05) is 29.3 Å². The van der Waals surface area contributed by atoms with Crippen molar-refractivity contribution in [2.75, 3.05) is 23.4 Å². The van der Waals surface area contributed by atoms with Crippen LogP contribution in [0.2, 0.25) is 10.0 Å². The lowest BCUT2D eigenvalue weighted by Gasteiger charge is -2.28. The van der Waals surface area contributed by atoms with Crippen LogP contribution >= 0.6 is 23.2 Å². The molecular weight excluding hydrogens is 403 g/mol. The van der Waals surface area contributed by atoms with Gasteiger partial charge in [0.25, 0.3) is 11.8 Å². The third kappa shape index (κ3) is 4.40. The average Bonchev–Trinajstić information content (AvgIpc) is 2.66. The number of rotatable bonds is 6. The van der Waals surface area contributed by atoms with Crippen LogP contribution < -0.4 is 19.7 Å². The molecule has 3 rings (SSSR count). The molecule has 1 atom stereocenters. The van der Waals surface area contributed by atoms with Crippen LogP contribution in [-0.2, 0) is 9.59 Å². The van der Waals surface area contributed by atoms with Crippen LogP contribution in [0.25, 0.3) is 0 Å². The first kappa shape index (κ1) is 20.0. The van der Waals surface area contributed by atoms with Crippen molar-refractivity contribution in [1.29, 1.82) is 0 Å². The standard InChI is InChI=1S/C20H18Cl2N2O4/c1-3-8-24-16-6-5-14(10-18(16)27-11-19(24)25)23-20(26)12(2)28-17-7-4-13(21)9-15(17)22/h3-7,9-10,12H,1,8,11H2,2H3,(H,23,26).